The van der Waals surface area contributed by atoms with Crippen LogP contribution in [0.4, 0.5) is 0 Å². The maximum atomic E-state index is 11.3. The standard InChI is InChI=1S/C17H18O2.C17H20O/c18-17(19)13-7-5-11-8-12-6-4-10-2-1-3-14(16(10)12)15(11)9-13;18-10-11-4-5-13-9-14-7-6-12-2-1-3-15(17(12)14)16(13)8-11/h1-3,6,11,13,15H,4-5,7-9H2,(H,18,19);1-3,7,11,13,16,18H,4-6,8-10H2/t11-,13+,15+;11-,13+,16-/m10/s1. The number of carboxylic acids is 1. The number of benzene rings is 2. The number of aliphatic hydroxyl groups is 1. The van der Waals surface area contributed by atoms with Crippen LogP contribution in [0, 0.1) is 23.7 Å². The molecule has 2 aromatic rings. The van der Waals surface area contributed by atoms with Gasteiger partial charge in [-0.15, -0.1) is 0 Å². The first kappa shape index (κ1) is 23.5. The zero-order valence-corrected chi connectivity index (χ0v) is 21.7. The number of hydrogen-bond donors (Lipinski definition) is 2. The summed E-state index contributed by atoms with van der Waals surface area (Å²) >= 11 is 0. The van der Waals surface area contributed by atoms with Gasteiger partial charge in [0.05, 0.1) is 5.92 Å². The molecule has 0 saturated heterocycles. The van der Waals surface area contributed by atoms with Crippen molar-refractivity contribution < 1.29 is 15.0 Å². The third-order valence-electron chi connectivity index (χ3n) is 10.6. The van der Waals surface area contributed by atoms with Crippen molar-refractivity contribution in [2.24, 2.45) is 23.7 Å². The van der Waals surface area contributed by atoms with Gasteiger partial charge in [0.2, 0.25) is 0 Å². The van der Waals surface area contributed by atoms with E-state index in [1.165, 1.54) is 59.9 Å². The van der Waals surface area contributed by atoms with Crippen LogP contribution in [-0.4, -0.2) is 22.8 Å². The second-order valence-electron chi connectivity index (χ2n) is 12.5. The molecule has 6 atom stereocenters. The van der Waals surface area contributed by atoms with Gasteiger partial charge in [-0.2, -0.15) is 0 Å². The van der Waals surface area contributed by atoms with Crippen LogP contribution in [0.1, 0.15) is 96.6 Å². The molecule has 8 rings (SSSR count). The summed E-state index contributed by atoms with van der Waals surface area (Å²) < 4.78 is 0. The van der Waals surface area contributed by atoms with E-state index in [1.54, 1.807) is 16.7 Å². The van der Waals surface area contributed by atoms with Gasteiger partial charge in [-0.3, -0.25) is 4.79 Å². The summed E-state index contributed by atoms with van der Waals surface area (Å²) in [7, 11) is 0. The van der Waals surface area contributed by atoms with Gasteiger partial charge in [0, 0.05) is 6.61 Å². The van der Waals surface area contributed by atoms with Crippen LogP contribution >= 0.6 is 0 Å². The zero-order chi connectivity index (χ0) is 25.1. The van der Waals surface area contributed by atoms with E-state index in [0.29, 0.717) is 30.3 Å². The van der Waals surface area contributed by atoms with Crippen molar-refractivity contribution >= 4 is 17.1 Å². The quantitative estimate of drug-likeness (QED) is 0.467. The monoisotopic (exact) mass is 494 g/mol. The molecule has 0 heterocycles. The summed E-state index contributed by atoms with van der Waals surface area (Å²) in [6, 6.07) is 13.5. The van der Waals surface area contributed by atoms with Crippen LogP contribution < -0.4 is 0 Å². The third-order valence-corrected chi connectivity index (χ3v) is 10.6. The van der Waals surface area contributed by atoms with E-state index in [0.717, 1.165) is 38.0 Å². The van der Waals surface area contributed by atoms with Gasteiger partial charge in [0.1, 0.15) is 0 Å². The Morgan fingerprint density at radius 1 is 0.757 bits per heavy atom. The molecule has 2 N–H and O–H groups in total. The Balaban J connectivity index is 0.000000125. The molecule has 0 aromatic heterocycles. The van der Waals surface area contributed by atoms with E-state index in [-0.39, 0.29) is 5.92 Å². The highest BCUT2D eigenvalue weighted by molar-refractivity contribution is 5.79. The predicted molar refractivity (Wildman–Crippen MR) is 147 cm³/mol. The molecule has 0 radical (unpaired) electrons. The molecule has 0 amide bonds. The van der Waals surface area contributed by atoms with Gasteiger partial charge in [0.15, 0.2) is 0 Å². The summed E-state index contributed by atoms with van der Waals surface area (Å²) in [4.78, 5) is 11.3. The molecule has 192 valence electrons. The normalized spacial score (nSPS) is 32.0. The summed E-state index contributed by atoms with van der Waals surface area (Å²) in [5, 5.41) is 18.7. The smallest absolute Gasteiger partial charge is 0.306 e. The number of aliphatic carboxylic acids is 1. The molecule has 0 unspecified atom stereocenters. The Morgan fingerprint density at radius 3 is 1.89 bits per heavy atom. The highest BCUT2D eigenvalue weighted by atomic mass is 16.4. The Labute approximate surface area is 220 Å². The van der Waals surface area contributed by atoms with Crippen molar-refractivity contribution in [2.45, 2.75) is 76.0 Å². The molecule has 37 heavy (non-hydrogen) atoms. The zero-order valence-electron chi connectivity index (χ0n) is 21.7. The molecule has 2 saturated carbocycles. The number of hydrogen-bond acceptors (Lipinski definition) is 2. The molecule has 0 aliphatic heterocycles. The molecular weight excluding hydrogens is 456 g/mol. The lowest BCUT2D eigenvalue weighted by atomic mass is 9.64. The fourth-order valence-electron chi connectivity index (χ4n) is 8.78. The lowest BCUT2D eigenvalue weighted by molar-refractivity contribution is -0.143. The first-order chi connectivity index (χ1) is 18.1. The second kappa shape index (κ2) is 9.27. The van der Waals surface area contributed by atoms with Gasteiger partial charge in [-0.05, 0) is 138 Å². The maximum Gasteiger partial charge on any atom is 0.306 e. The summed E-state index contributed by atoms with van der Waals surface area (Å²) in [6.45, 7) is 0.376. The second-order valence-corrected chi connectivity index (χ2v) is 12.5. The molecule has 6 aliphatic carbocycles. The maximum absolute atomic E-state index is 11.3. The number of allylic oxidation sites excluding steroid dienone is 4. The van der Waals surface area contributed by atoms with Crippen LogP contribution in [-0.2, 0) is 17.6 Å². The van der Waals surface area contributed by atoms with Gasteiger partial charge in [-0.1, -0.05) is 48.6 Å². The highest BCUT2D eigenvalue weighted by Crippen LogP contribution is 2.54. The fourth-order valence-corrected chi connectivity index (χ4v) is 8.78. The van der Waals surface area contributed by atoms with Crippen molar-refractivity contribution in [3.8, 4) is 0 Å². The van der Waals surface area contributed by atoms with E-state index in [2.05, 4.69) is 48.6 Å². The Morgan fingerprint density at radius 2 is 1.32 bits per heavy atom. The first-order valence-electron chi connectivity index (χ1n) is 14.6. The van der Waals surface area contributed by atoms with E-state index in [9.17, 15) is 15.0 Å². The number of fused-ring (bicyclic) bond motifs is 4. The SMILES string of the molecule is O=C(O)[C@H]1CC[C@@H]2CC3=CCc4cccc(c43)[C@H]2C1.OC[C@H]1CC[C@@H]2CC3=CCc4cccc(c43)[C@H]2C1. The number of rotatable bonds is 2. The van der Waals surface area contributed by atoms with E-state index < -0.39 is 5.97 Å². The Hall–Kier alpha value is -2.65. The van der Waals surface area contributed by atoms with Gasteiger partial charge < -0.3 is 10.2 Å². The predicted octanol–water partition coefficient (Wildman–Crippen LogP) is 7.14. The summed E-state index contributed by atoms with van der Waals surface area (Å²) in [5.74, 6) is 2.48. The number of aliphatic hydroxyl groups excluding tert-OH is 1. The molecule has 6 aliphatic rings. The van der Waals surface area contributed by atoms with Gasteiger partial charge >= 0.3 is 5.97 Å². The topological polar surface area (TPSA) is 57.5 Å². The van der Waals surface area contributed by atoms with Crippen LogP contribution in [0.5, 0.6) is 0 Å². The van der Waals surface area contributed by atoms with Crippen LogP contribution in [0.15, 0.2) is 48.6 Å². The Kier molecular flexibility index (Phi) is 5.88. The van der Waals surface area contributed by atoms with Gasteiger partial charge in [-0.25, -0.2) is 0 Å². The molecule has 2 fully saturated rings. The van der Waals surface area contributed by atoms with Crippen LogP contribution in [0.25, 0.3) is 11.1 Å². The van der Waals surface area contributed by atoms with Crippen molar-refractivity contribution in [2.75, 3.05) is 6.61 Å². The average molecular weight is 495 g/mol. The summed E-state index contributed by atoms with van der Waals surface area (Å²) in [5.41, 5.74) is 12.2. The molecule has 3 heteroatoms. The number of carboxylic acid groups (broad SMARTS) is 1. The van der Waals surface area contributed by atoms with Crippen molar-refractivity contribution in [1.29, 1.82) is 0 Å². The molecule has 2 aromatic carbocycles. The molecular formula is C34H38O3. The van der Waals surface area contributed by atoms with Crippen molar-refractivity contribution in [1.82, 2.24) is 0 Å². The first-order valence-corrected chi connectivity index (χ1v) is 14.6. The van der Waals surface area contributed by atoms with E-state index in [1.807, 2.05) is 0 Å². The van der Waals surface area contributed by atoms with Gasteiger partial charge in [0.25, 0.3) is 0 Å². The largest absolute Gasteiger partial charge is 0.481 e. The van der Waals surface area contributed by atoms with Crippen molar-refractivity contribution in [3.05, 3.63) is 81.9 Å². The average Bonchev–Trinajstić information content (AvgIpc) is 3.55. The molecule has 3 nitrogen and oxygen atoms in total. The minimum Gasteiger partial charge on any atom is -0.481 e. The number of carbonyl (C=O) groups is 1. The van der Waals surface area contributed by atoms with Crippen LogP contribution in [0.3, 0.4) is 0 Å². The third kappa shape index (κ3) is 3.93. The van der Waals surface area contributed by atoms with Crippen molar-refractivity contribution in [3.63, 3.8) is 0 Å². The minimum atomic E-state index is -0.604. The minimum absolute atomic E-state index is 0.135. The highest BCUT2D eigenvalue weighted by Gasteiger charge is 2.41. The lowest BCUT2D eigenvalue weighted by Crippen LogP contribution is -2.30. The van der Waals surface area contributed by atoms with E-state index in [4.69, 9.17) is 0 Å². The molecule has 0 spiro atoms. The molecule has 0 bridgehead atoms. The summed E-state index contributed by atoms with van der Waals surface area (Å²) in [6.07, 6.45) is 16.0. The van der Waals surface area contributed by atoms with Crippen LogP contribution in [0.2, 0.25) is 0 Å². The lowest BCUT2D eigenvalue weighted by Gasteiger charge is -2.40. The fraction of sp³-hybridized carbons (Fsp3) is 0.500. The van der Waals surface area contributed by atoms with E-state index >= 15 is 0 Å². The Bertz CT molecular complexity index is 1300.